The summed E-state index contributed by atoms with van der Waals surface area (Å²) in [6, 6.07) is 3.57. The van der Waals surface area contributed by atoms with E-state index in [1.54, 1.807) is 0 Å². The van der Waals surface area contributed by atoms with Crippen LogP contribution in [0.5, 0.6) is 5.75 Å². The molecule has 0 bridgehead atoms. The molecule has 102 valence electrons. The van der Waals surface area contributed by atoms with Crippen LogP contribution in [-0.4, -0.2) is 29.2 Å². The van der Waals surface area contributed by atoms with Gasteiger partial charge in [0.15, 0.2) is 0 Å². The number of nitrogens with zero attached hydrogens (tertiary/aromatic N) is 1. The topological polar surface area (TPSA) is 102 Å². The van der Waals surface area contributed by atoms with Gasteiger partial charge >= 0.3 is 0 Å². The number of nitro groups is 1. The monoisotopic (exact) mass is 266 g/mol. The minimum Gasteiger partial charge on any atom is -0.506 e. The Morgan fingerprint density at radius 2 is 2.11 bits per heavy atom. The summed E-state index contributed by atoms with van der Waals surface area (Å²) < 4.78 is 5.16. The first-order valence-corrected chi connectivity index (χ1v) is 5.94. The molecule has 0 saturated carbocycles. The average Bonchev–Trinajstić information content (AvgIpc) is 2.41. The summed E-state index contributed by atoms with van der Waals surface area (Å²) in [6.45, 7) is 1.09. The van der Waals surface area contributed by atoms with Gasteiger partial charge in [0.05, 0.1) is 16.7 Å². The van der Waals surface area contributed by atoms with E-state index in [-0.39, 0.29) is 28.9 Å². The largest absolute Gasteiger partial charge is 0.506 e. The third-order valence-corrected chi connectivity index (χ3v) is 3.04. The molecule has 7 nitrogen and oxygen atoms in total. The van der Waals surface area contributed by atoms with Gasteiger partial charge in [0.2, 0.25) is 5.91 Å². The number of rotatable bonds is 3. The van der Waals surface area contributed by atoms with E-state index in [9.17, 15) is 20.0 Å². The Morgan fingerprint density at radius 3 is 2.68 bits per heavy atom. The lowest BCUT2D eigenvalue weighted by atomic mass is 9.99. The van der Waals surface area contributed by atoms with Crippen LogP contribution in [0.3, 0.4) is 0 Å². The molecule has 1 aromatic carbocycles. The number of benzene rings is 1. The van der Waals surface area contributed by atoms with Gasteiger partial charge in [-0.05, 0) is 18.9 Å². The van der Waals surface area contributed by atoms with E-state index in [0.29, 0.717) is 26.1 Å². The Kier molecular flexibility index (Phi) is 3.96. The minimum atomic E-state index is -0.607. The van der Waals surface area contributed by atoms with Crippen molar-refractivity contribution in [3.8, 4) is 5.75 Å². The van der Waals surface area contributed by atoms with Gasteiger partial charge in [0.1, 0.15) is 5.75 Å². The number of hydrogen-bond acceptors (Lipinski definition) is 5. The zero-order valence-electron chi connectivity index (χ0n) is 10.2. The van der Waals surface area contributed by atoms with Crippen LogP contribution in [-0.2, 0) is 9.53 Å². The number of nitrogens with one attached hydrogen (secondary N) is 1. The molecule has 0 unspecified atom stereocenters. The summed E-state index contributed by atoms with van der Waals surface area (Å²) in [6.07, 6.45) is 1.28. The number of phenols is 1. The molecule has 1 heterocycles. The van der Waals surface area contributed by atoms with E-state index in [2.05, 4.69) is 5.32 Å². The fourth-order valence-corrected chi connectivity index (χ4v) is 1.93. The van der Waals surface area contributed by atoms with Gasteiger partial charge in [-0.25, -0.2) is 0 Å². The van der Waals surface area contributed by atoms with Crippen molar-refractivity contribution in [3.05, 3.63) is 28.3 Å². The molecule has 1 fully saturated rings. The second-order valence-electron chi connectivity index (χ2n) is 4.33. The zero-order chi connectivity index (χ0) is 13.8. The Bertz CT molecular complexity index is 497. The van der Waals surface area contributed by atoms with E-state index in [4.69, 9.17) is 4.74 Å². The third kappa shape index (κ3) is 3.19. The lowest BCUT2D eigenvalue weighted by molar-refractivity contribution is -0.384. The highest BCUT2D eigenvalue weighted by Crippen LogP contribution is 2.29. The molecule has 0 radical (unpaired) electrons. The number of hydrogen-bond donors (Lipinski definition) is 2. The van der Waals surface area contributed by atoms with Gasteiger partial charge in [-0.1, -0.05) is 0 Å². The highest BCUT2D eigenvalue weighted by Gasteiger charge is 2.22. The van der Waals surface area contributed by atoms with Crippen molar-refractivity contribution < 1.29 is 19.6 Å². The summed E-state index contributed by atoms with van der Waals surface area (Å²) in [5, 5.41) is 22.7. The van der Waals surface area contributed by atoms with Gasteiger partial charge in [-0.15, -0.1) is 0 Å². The van der Waals surface area contributed by atoms with Gasteiger partial charge in [-0.2, -0.15) is 0 Å². The highest BCUT2D eigenvalue weighted by atomic mass is 16.6. The Labute approximate surface area is 109 Å². The summed E-state index contributed by atoms with van der Waals surface area (Å²) in [7, 11) is 0. The average molecular weight is 266 g/mol. The van der Waals surface area contributed by atoms with Crippen LogP contribution >= 0.6 is 0 Å². The lowest BCUT2D eigenvalue weighted by Gasteiger charge is -2.21. The second-order valence-corrected chi connectivity index (χ2v) is 4.33. The van der Waals surface area contributed by atoms with Crippen molar-refractivity contribution in [1.29, 1.82) is 0 Å². The molecule has 0 aromatic heterocycles. The SMILES string of the molecule is O=C(Nc1ccc([N+](=O)[O-])cc1O)C1CCOCC1. The fraction of sp³-hybridized carbons (Fsp3) is 0.417. The minimum absolute atomic E-state index is 0.150. The molecule has 0 atom stereocenters. The molecule has 1 amide bonds. The molecule has 2 rings (SSSR count). The molecule has 1 saturated heterocycles. The quantitative estimate of drug-likeness (QED) is 0.492. The molecule has 19 heavy (non-hydrogen) atoms. The highest BCUT2D eigenvalue weighted by molar-refractivity contribution is 5.94. The van der Waals surface area contributed by atoms with Crippen LogP contribution in [0.1, 0.15) is 12.8 Å². The van der Waals surface area contributed by atoms with E-state index in [0.717, 1.165) is 6.07 Å². The van der Waals surface area contributed by atoms with Gasteiger partial charge in [0, 0.05) is 25.2 Å². The van der Waals surface area contributed by atoms with Crippen LogP contribution in [0.2, 0.25) is 0 Å². The smallest absolute Gasteiger partial charge is 0.273 e. The number of aromatic hydroxyl groups is 1. The summed E-state index contributed by atoms with van der Waals surface area (Å²) in [5.74, 6) is -0.662. The molecule has 0 spiro atoms. The number of non-ortho nitro benzene ring substituents is 1. The van der Waals surface area contributed by atoms with Gasteiger partial charge < -0.3 is 15.2 Å². The Morgan fingerprint density at radius 1 is 1.42 bits per heavy atom. The van der Waals surface area contributed by atoms with Crippen LogP contribution in [0, 0.1) is 16.0 Å². The fourth-order valence-electron chi connectivity index (χ4n) is 1.93. The number of ether oxygens (including phenoxy) is 1. The third-order valence-electron chi connectivity index (χ3n) is 3.04. The van der Waals surface area contributed by atoms with E-state index in [1.807, 2.05) is 0 Å². The molecule has 1 aliphatic heterocycles. The van der Waals surface area contributed by atoms with Crippen molar-refractivity contribution in [1.82, 2.24) is 0 Å². The van der Waals surface area contributed by atoms with E-state index < -0.39 is 4.92 Å². The molecule has 0 aliphatic carbocycles. The Balaban J connectivity index is 2.06. The molecule has 2 N–H and O–H groups in total. The number of carbonyl (C=O) groups excluding carboxylic acids is 1. The predicted molar refractivity (Wildman–Crippen MR) is 66.9 cm³/mol. The maximum Gasteiger partial charge on any atom is 0.273 e. The maximum atomic E-state index is 11.9. The first kappa shape index (κ1) is 13.3. The van der Waals surface area contributed by atoms with Gasteiger partial charge in [-0.3, -0.25) is 14.9 Å². The summed E-state index contributed by atoms with van der Waals surface area (Å²) in [4.78, 5) is 21.8. The van der Waals surface area contributed by atoms with E-state index in [1.165, 1.54) is 12.1 Å². The van der Waals surface area contributed by atoms with Gasteiger partial charge in [0.25, 0.3) is 5.69 Å². The molecule has 1 aromatic rings. The van der Waals surface area contributed by atoms with E-state index >= 15 is 0 Å². The predicted octanol–water partition coefficient (Wildman–Crippen LogP) is 1.67. The van der Waals surface area contributed by atoms with Crippen molar-refractivity contribution in [2.75, 3.05) is 18.5 Å². The number of anilines is 1. The maximum absolute atomic E-state index is 11.9. The molecule has 1 aliphatic rings. The Hall–Kier alpha value is -2.15. The standard InChI is InChI=1S/C12H14N2O5/c15-11-7-9(14(17)18)1-2-10(11)13-12(16)8-3-5-19-6-4-8/h1-2,7-8,15H,3-6H2,(H,13,16). The number of nitro benzene ring substituents is 1. The van der Waals surface area contributed by atoms with Crippen LogP contribution in [0.25, 0.3) is 0 Å². The normalized spacial score (nSPS) is 16.0. The molecular formula is C12H14N2O5. The number of amides is 1. The van der Waals surface area contributed by atoms with Crippen LogP contribution < -0.4 is 5.32 Å². The van der Waals surface area contributed by atoms with Crippen molar-refractivity contribution >= 4 is 17.3 Å². The van der Waals surface area contributed by atoms with Crippen molar-refractivity contribution in [2.45, 2.75) is 12.8 Å². The summed E-state index contributed by atoms with van der Waals surface area (Å²) in [5.41, 5.74) is -0.0383. The first-order valence-electron chi connectivity index (χ1n) is 5.94. The first-order chi connectivity index (χ1) is 9.08. The number of phenolic OH excluding ortho intramolecular Hbond substituents is 1. The summed E-state index contributed by atoms with van der Waals surface area (Å²) >= 11 is 0. The zero-order valence-corrected chi connectivity index (χ0v) is 10.2. The lowest BCUT2D eigenvalue weighted by Crippen LogP contribution is -2.28. The van der Waals surface area contributed by atoms with Crippen LogP contribution in [0.15, 0.2) is 18.2 Å². The number of carbonyl (C=O) groups is 1. The molecular weight excluding hydrogens is 252 g/mol. The second kappa shape index (κ2) is 5.66. The molecule has 7 heteroatoms. The van der Waals surface area contributed by atoms with Crippen molar-refractivity contribution in [2.24, 2.45) is 5.92 Å². The van der Waals surface area contributed by atoms with Crippen LogP contribution in [0.4, 0.5) is 11.4 Å². The van der Waals surface area contributed by atoms with Crippen molar-refractivity contribution in [3.63, 3.8) is 0 Å².